The van der Waals surface area contributed by atoms with Crippen molar-refractivity contribution < 1.29 is 9.90 Å². The maximum Gasteiger partial charge on any atom is 0.255 e. The van der Waals surface area contributed by atoms with Crippen LogP contribution in [0, 0.1) is 13.8 Å². The van der Waals surface area contributed by atoms with Gasteiger partial charge >= 0.3 is 0 Å². The first-order chi connectivity index (χ1) is 12.0. The van der Waals surface area contributed by atoms with Gasteiger partial charge in [-0.3, -0.25) is 4.79 Å². The highest BCUT2D eigenvalue weighted by atomic mass is 79.9. The third-order valence-electron chi connectivity index (χ3n) is 4.07. The van der Waals surface area contributed by atoms with Crippen LogP contribution >= 0.6 is 15.9 Å². The molecule has 2 aromatic carbocycles. The first kappa shape index (κ1) is 17.2. The molecule has 2 N–H and O–H groups in total. The average Bonchev–Trinajstić information content (AvgIpc) is 2.88. The molecular weight excluding hydrogens is 382 g/mol. The van der Waals surface area contributed by atoms with E-state index in [1.54, 1.807) is 12.1 Å². The van der Waals surface area contributed by atoms with Crippen molar-refractivity contribution in [1.82, 2.24) is 15.1 Å². The number of rotatable bonds is 4. The first-order valence-electron chi connectivity index (χ1n) is 7.84. The standard InChI is InChI=1S/C19H18BrN3O2/c1-12-17(13(2)23(22-12)15-6-4-3-5-7-15)11-21-19(25)16-9-8-14(20)10-18(16)24/h3-10,24H,11H2,1-2H3,(H,21,25). The third-order valence-corrected chi connectivity index (χ3v) is 4.57. The van der Waals surface area contributed by atoms with Gasteiger partial charge in [-0.25, -0.2) is 4.68 Å². The van der Waals surface area contributed by atoms with Crippen LogP contribution in [0.3, 0.4) is 0 Å². The van der Waals surface area contributed by atoms with Crippen LogP contribution in [0.25, 0.3) is 5.69 Å². The molecule has 1 amide bonds. The SMILES string of the molecule is Cc1nn(-c2ccccc2)c(C)c1CNC(=O)c1ccc(Br)cc1O. The largest absolute Gasteiger partial charge is 0.507 e. The monoisotopic (exact) mass is 399 g/mol. The van der Waals surface area contributed by atoms with Crippen LogP contribution < -0.4 is 5.32 Å². The quantitative estimate of drug-likeness (QED) is 0.699. The predicted octanol–water partition coefficient (Wildman–Crippen LogP) is 3.89. The number of aryl methyl sites for hydroxylation is 1. The summed E-state index contributed by atoms with van der Waals surface area (Å²) in [5.41, 5.74) is 4.03. The molecule has 128 valence electrons. The van der Waals surface area contributed by atoms with Crippen molar-refractivity contribution in [2.24, 2.45) is 0 Å². The highest BCUT2D eigenvalue weighted by Crippen LogP contribution is 2.23. The summed E-state index contributed by atoms with van der Waals surface area (Å²) in [5.74, 6) is -0.378. The number of phenols is 1. The molecule has 0 fully saturated rings. The second-order valence-corrected chi connectivity index (χ2v) is 6.66. The maximum atomic E-state index is 12.3. The lowest BCUT2D eigenvalue weighted by atomic mass is 10.1. The van der Waals surface area contributed by atoms with E-state index in [9.17, 15) is 9.90 Å². The Bertz CT molecular complexity index is 920. The molecule has 0 aliphatic carbocycles. The van der Waals surface area contributed by atoms with Gasteiger partial charge in [-0.1, -0.05) is 34.1 Å². The van der Waals surface area contributed by atoms with E-state index in [4.69, 9.17) is 0 Å². The van der Waals surface area contributed by atoms with Crippen LogP contribution in [0.4, 0.5) is 0 Å². The van der Waals surface area contributed by atoms with Crippen molar-refractivity contribution in [3.05, 3.63) is 75.5 Å². The topological polar surface area (TPSA) is 67.2 Å². The highest BCUT2D eigenvalue weighted by molar-refractivity contribution is 9.10. The van der Waals surface area contributed by atoms with E-state index >= 15 is 0 Å². The van der Waals surface area contributed by atoms with Gasteiger partial charge in [0.25, 0.3) is 5.91 Å². The molecule has 3 aromatic rings. The Morgan fingerprint density at radius 1 is 1.20 bits per heavy atom. The van der Waals surface area contributed by atoms with Gasteiger partial charge in [0.2, 0.25) is 0 Å². The Morgan fingerprint density at radius 2 is 1.92 bits per heavy atom. The minimum absolute atomic E-state index is 0.0553. The van der Waals surface area contributed by atoms with Gasteiger partial charge in [-0.05, 0) is 44.2 Å². The smallest absolute Gasteiger partial charge is 0.255 e. The number of hydrogen-bond acceptors (Lipinski definition) is 3. The van der Waals surface area contributed by atoms with E-state index in [0.717, 1.165) is 27.1 Å². The van der Waals surface area contributed by atoms with E-state index in [1.165, 1.54) is 6.07 Å². The van der Waals surface area contributed by atoms with Crippen LogP contribution in [-0.4, -0.2) is 20.8 Å². The number of phenolic OH excluding ortho intramolecular Hbond substituents is 1. The Labute approximate surface area is 154 Å². The van der Waals surface area contributed by atoms with Crippen molar-refractivity contribution in [1.29, 1.82) is 0 Å². The highest BCUT2D eigenvalue weighted by Gasteiger charge is 2.16. The normalized spacial score (nSPS) is 10.7. The van der Waals surface area contributed by atoms with Crippen molar-refractivity contribution in [2.45, 2.75) is 20.4 Å². The Morgan fingerprint density at radius 3 is 2.60 bits per heavy atom. The molecule has 0 bridgehead atoms. The number of benzene rings is 2. The number of aromatic hydroxyl groups is 1. The zero-order valence-electron chi connectivity index (χ0n) is 14.0. The van der Waals surface area contributed by atoms with Gasteiger partial charge in [-0.15, -0.1) is 0 Å². The molecule has 0 unspecified atom stereocenters. The Balaban J connectivity index is 1.80. The second kappa shape index (κ2) is 7.11. The summed E-state index contributed by atoms with van der Waals surface area (Å²) in [6.45, 7) is 4.25. The zero-order valence-corrected chi connectivity index (χ0v) is 15.5. The minimum atomic E-state index is -0.323. The number of nitrogens with zero attached hydrogens (tertiary/aromatic N) is 2. The number of carbonyl (C=O) groups excluding carboxylic acids is 1. The van der Waals surface area contributed by atoms with Gasteiger partial charge in [-0.2, -0.15) is 5.10 Å². The molecule has 0 aliphatic rings. The molecule has 0 radical (unpaired) electrons. The molecule has 0 atom stereocenters. The molecule has 6 heteroatoms. The molecular formula is C19H18BrN3O2. The van der Waals surface area contributed by atoms with Gasteiger partial charge in [0, 0.05) is 22.3 Å². The van der Waals surface area contributed by atoms with Crippen LogP contribution in [0.2, 0.25) is 0 Å². The Kier molecular flexibility index (Phi) is 4.90. The fourth-order valence-electron chi connectivity index (χ4n) is 2.71. The molecule has 1 aromatic heterocycles. The van der Waals surface area contributed by atoms with E-state index in [-0.39, 0.29) is 17.2 Å². The van der Waals surface area contributed by atoms with Crippen molar-refractivity contribution in [3.63, 3.8) is 0 Å². The first-order valence-corrected chi connectivity index (χ1v) is 8.64. The van der Waals surface area contributed by atoms with Crippen molar-refractivity contribution in [3.8, 4) is 11.4 Å². The summed E-state index contributed by atoms with van der Waals surface area (Å²) < 4.78 is 2.59. The number of carbonyl (C=O) groups is 1. The summed E-state index contributed by atoms with van der Waals surface area (Å²) in [4.78, 5) is 12.3. The van der Waals surface area contributed by atoms with Crippen molar-refractivity contribution >= 4 is 21.8 Å². The third kappa shape index (κ3) is 3.58. The summed E-state index contributed by atoms with van der Waals surface area (Å²) in [5, 5.41) is 17.3. The number of para-hydroxylation sites is 1. The van der Waals surface area contributed by atoms with Crippen LogP contribution in [0.5, 0.6) is 5.75 Å². The fourth-order valence-corrected chi connectivity index (χ4v) is 3.06. The van der Waals surface area contributed by atoms with Crippen LogP contribution in [-0.2, 0) is 6.54 Å². The lowest BCUT2D eigenvalue weighted by molar-refractivity contribution is 0.0948. The van der Waals surface area contributed by atoms with E-state index in [2.05, 4.69) is 26.3 Å². The lowest BCUT2D eigenvalue weighted by Crippen LogP contribution is -2.23. The molecule has 0 aliphatic heterocycles. The number of aromatic nitrogens is 2. The Hall–Kier alpha value is -2.60. The number of halogens is 1. The van der Waals surface area contributed by atoms with Gasteiger partial charge < -0.3 is 10.4 Å². The second-order valence-electron chi connectivity index (χ2n) is 5.74. The summed E-state index contributed by atoms with van der Waals surface area (Å²) >= 11 is 3.26. The lowest BCUT2D eigenvalue weighted by Gasteiger charge is -2.08. The molecule has 25 heavy (non-hydrogen) atoms. The van der Waals surface area contributed by atoms with Crippen molar-refractivity contribution in [2.75, 3.05) is 0 Å². The molecule has 0 spiro atoms. The molecule has 0 saturated carbocycles. The molecule has 3 rings (SSSR count). The van der Waals surface area contributed by atoms with Gasteiger partial charge in [0.15, 0.2) is 0 Å². The van der Waals surface area contributed by atoms with Crippen LogP contribution in [0.1, 0.15) is 27.3 Å². The number of nitrogens with one attached hydrogen (secondary N) is 1. The van der Waals surface area contributed by atoms with Gasteiger partial charge in [0.05, 0.1) is 16.9 Å². The number of hydrogen-bond donors (Lipinski definition) is 2. The van der Waals surface area contributed by atoms with E-state index < -0.39 is 0 Å². The molecule has 0 saturated heterocycles. The van der Waals surface area contributed by atoms with E-state index in [0.29, 0.717) is 6.54 Å². The number of amides is 1. The fraction of sp³-hybridized carbons (Fsp3) is 0.158. The molecule has 5 nitrogen and oxygen atoms in total. The maximum absolute atomic E-state index is 12.3. The van der Waals surface area contributed by atoms with Crippen LogP contribution in [0.15, 0.2) is 53.0 Å². The van der Waals surface area contributed by atoms with E-state index in [1.807, 2.05) is 48.9 Å². The predicted molar refractivity (Wildman–Crippen MR) is 100 cm³/mol. The molecule has 1 heterocycles. The van der Waals surface area contributed by atoms with Gasteiger partial charge in [0.1, 0.15) is 5.75 Å². The summed E-state index contributed by atoms with van der Waals surface area (Å²) in [6, 6.07) is 14.7. The summed E-state index contributed by atoms with van der Waals surface area (Å²) in [7, 11) is 0. The average molecular weight is 400 g/mol. The minimum Gasteiger partial charge on any atom is -0.507 e. The summed E-state index contributed by atoms with van der Waals surface area (Å²) in [6.07, 6.45) is 0. The zero-order chi connectivity index (χ0) is 18.0.